The minimum absolute atomic E-state index is 0.772. The van der Waals surface area contributed by atoms with Gasteiger partial charge < -0.3 is 4.57 Å². The van der Waals surface area contributed by atoms with Gasteiger partial charge in [-0.25, -0.2) is 0 Å². The highest BCUT2D eigenvalue weighted by molar-refractivity contribution is 7.85. The van der Waals surface area contributed by atoms with E-state index in [-0.39, 0.29) is 0 Å². The average Bonchev–Trinajstić information content (AvgIpc) is 3.36. The molecule has 0 atom stereocenters. The Morgan fingerprint density at radius 1 is 0.553 bits per heavy atom. The number of hydrogen-bond acceptors (Lipinski definition) is 1. The van der Waals surface area contributed by atoms with Crippen LogP contribution >= 0.6 is 7.14 Å². The molecule has 0 radical (unpaired) electrons. The van der Waals surface area contributed by atoms with Crippen molar-refractivity contribution < 1.29 is 4.57 Å². The van der Waals surface area contributed by atoms with E-state index in [4.69, 9.17) is 0 Å². The van der Waals surface area contributed by atoms with E-state index in [2.05, 4.69) is 79.7 Å². The summed E-state index contributed by atoms with van der Waals surface area (Å²) in [6, 6.07) is 46.2. The van der Waals surface area contributed by atoms with E-state index in [0.29, 0.717) is 0 Å². The number of fused-ring (bicyclic) bond motifs is 4. The van der Waals surface area contributed by atoms with Gasteiger partial charge in [-0.1, -0.05) is 139 Å². The van der Waals surface area contributed by atoms with Gasteiger partial charge in [-0.05, 0) is 57.5 Å². The molecule has 2 heteroatoms. The molecule has 1 aliphatic carbocycles. The highest BCUT2D eigenvalue weighted by Gasteiger charge is 2.38. The molecule has 0 heterocycles. The van der Waals surface area contributed by atoms with Crippen LogP contribution in [-0.2, 0) is 11.0 Å². The summed E-state index contributed by atoms with van der Waals surface area (Å²) in [4.78, 5) is 0. The second kappa shape index (κ2) is 8.98. The van der Waals surface area contributed by atoms with Crippen LogP contribution in [0.1, 0.15) is 16.7 Å². The quantitative estimate of drug-likeness (QED) is 0.221. The van der Waals surface area contributed by atoms with Gasteiger partial charge in [0.05, 0.1) is 0 Å². The van der Waals surface area contributed by atoms with Gasteiger partial charge in [-0.2, -0.15) is 0 Å². The SMILES string of the molecule is Cc1ccc(-c2c3c(c(P(=O)(c4ccccc4)c4ccccc4)c4ccccc24)Cc2ccccc2-3)cc1. The molecule has 1 nitrogen and oxygen atoms in total. The van der Waals surface area contributed by atoms with Crippen LogP contribution in [0.2, 0.25) is 0 Å². The Bertz CT molecular complexity index is 1810. The van der Waals surface area contributed by atoms with Gasteiger partial charge >= 0.3 is 0 Å². The molecule has 0 saturated carbocycles. The molecule has 0 bridgehead atoms. The molecule has 38 heavy (non-hydrogen) atoms. The van der Waals surface area contributed by atoms with Crippen molar-refractivity contribution in [1.82, 2.24) is 0 Å². The zero-order valence-corrected chi connectivity index (χ0v) is 22.2. The third kappa shape index (κ3) is 3.43. The fourth-order valence-electron chi connectivity index (χ4n) is 6.12. The van der Waals surface area contributed by atoms with Gasteiger partial charge in [-0.3, -0.25) is 0 Å². The number of aryl methyl sites for hydroxylation is 1. The van der Waals surface area contributed by atoms with E-state index in [1.54, 1.807) is 0 Å². The van der Waals surface area contributed by atoms with E-state index >= 15 is 4.57 Å². The van der Waals surface area contributed by atoms with E-state index in [0.717, 1.165) is 33.1 Å². The van der Waals surface area contributed by atoms with Crippen molar-refractivity contribution in [3.05, 3.63) is 150 Å². The Labute approximate surface area is 223 Å². The number of rotatable bonds is 4. The molecule has 0 aromatic heterocycles. The Morgan fingerprint density at radius 2 is 1.11 bits per heavy atom. The molecule has 0 saturated heterocycles. The van der Waals surface area contributed by atoms with E-state index in [1.165, 1.54) is 38.9 Å². The summed E-state index contributed by atoms with van der Waals surface area (Å²) >= 11 is 0. The summed E-state index contributed by atoms with van der Waals surface area (Å²) in [6.45, 7) is 2.13. The van der Waals surface area contributed by atoms with Crippen molar-refractivity contribution in [2.24, 2.45) is 0 Å². The Kier molecular flexibility index (Phi) is 5.43. The summed E-state index contributed by atoms with van der Waals surface area (Å²) in [5.41, 5.74) is 8.63. The molecule has 1 aliphatic rings. The molecular weight excluding hydrogens is 479 g/mol. The van der Waals surface area contributed by atoms with Crippen LogP contribution < -0.4 is 15.9 Å². The Hall–Kier alpha value is -4.19. The van der Waals surface area contributed by atoms with Crippen LogP contribution in [-0.4, -0.2) is 0 Å². The van der Waals surface area contributed by atoms with Gasteiger partial charge in [-0.15, -0.1) is 0 Å². The van der Waals surface area contributed by atoms with Crippen LogP contribution in [0.4, 0.5) is 0 Å². The molecule has 0 amide bonds. The molecule has 0 fully saturated rings. The fourth-order valence-corrected chi connectivity index (χ4v) is 9.22. The lowest BCUT2D eigenvalue weighted by Gasteiger charge is -2.26. The molecule has 0 N–H and O–H groups in total. The standard InChI is InChI=1S/C36H27OP/c1-25-20-22-26(23-21-25)34-31-18-10-11-19-32(31)36(33-24-27-12-8-9-17-30(27)35(33)34)38(37,28-13-4-2-5-14-28)29-15-6-3-7-16-29/h2-23H,24H2,1H3. The first-order chi connectivity index (χ1) is 18.7. The summed E-state index contributed by atoms with van der Waals surface area (Å²) < 4.78 is 15.8. The van der Waals surface area contributed by atoms with Crippen LogP contribution in [0.3, 0.4) is 0 Å². The molecule has 6 aromatic carbocycles. The normalized spacial score (nSPS) is 12.3. The number of hydrogen-bond donors (Lipinski definition) is 0. The molecule has 7 rings (SSSR count). The molecule has 0 aliphatic heterocycles. The zero-order valence-electron chi connectivity index (χ0n) is 21.3. The second-order valence-electron chi connectivity index (χ2n) is 10.1. The van der Waals surface area contributed by atoms with Gasteiger partial charge in [0.25, 0.3) is 0 Å². The average molecular weight is 507 g/mol. The van der Waals surface area contributed by atoms with Crippen LogP contribution in [0, 0.1) is 6.92 Å². The van der Waals surface area contributed by atoms with Crippen molar-refractivity contribution in [3.8, 4) is 22.3 Å². The third-order valence-corrected chi connectivity index (χ3v) is 11.0. The molecule has 182 valence electrons. The lowest BCUT2D eigenvalue weighted by Crippen LogP contribution is -2.28. The Balaban J connectivity index is 1.69. The maximum atomic E-state index is 15.8. The maximum absolute atomic E-state index is 15.8. The van der Waals surface area contributed by atoms with Crippen molar-refractivity contribution in [1.29, 1.82) is 0 Å². The summed E-state index contributed by atoms with van der Waals surface area (Å²) in [7, 11) is -3.21. The van der Waals surface area contributed by atoms with Crippen LogP contribution in [0.25, 0.3) is 33.0 Å². The van der Waals surface area contributed by atoms with E-state index in [1.807, 2.05) is 60.7 Å². The van der Waals surface area contributed by atoms with Gasteiger partial charge in [0.2, 0.25) is 0 Å². The first-order valence-electron chi connectivity index (χ1n) is 13.1. The maximum Gasteiger partial charge on any atom is 0.171 e. The van der Waals surface area contributed by atoms with Crippen LogP contribution in [0.15, 0.2) is 133 Å². The first-order valence-corrected chi connectivity index (χ1v) is 14.8. The highest BCUT2D eigenvalue weighted by Crippen LogP contribution is 2.53. The van der Waals surface area contributed by atoms with Gasteiger partial charge in [0.15, 0.2) is 7.14 Å². The van der Waals surface area contributed by atoms with Crippen molar-refractivity contribution in [2.45, 2.75) is 13.3 Å². The van der Waals surface area contributed by atoms with Gasteiger partial charge in [0.1, 0.15) is 0 Å². The zero-order chi connectivity index (χ0) is 25.7. The minimum Gasteiger partial charge on any atom is -0.309 e. The van der Waals surface area contributed by atoms with E-state index in [9.17, 15) is 0 Å². The van der Waals surface area contributed by atoms with Crippen molar-refractivity contribution >= 4 is 33.8 Å². The molecule has 0 spiro atoms. The predicted octanol–water partition coefficient (Wildman–Crippen LogP) is 8.03. The van der Waals surface area contributed by atoms with Crippen molar-refractivity contribution in [2.75, 3.05) is 0 Å². The monoisotopic (exact) mass is 506 g/mol. The summed E-state index contributed by atoms with van der Waals surface area (Å²) in [6.07, 6.45) is 0.772. The van der Waals surface area contributed by atoms with Crippen LogP contribution in [0.5, 0.6) is 0 Å². The van der Waals surface area contributed by atoms with Crippen molar-refractivity contribution in [3.63, 3.8) is 0 Å². The Morgan fingerprint density at radius 3 is 1.76 bits per heavy atom. The fraction of sp³-hybridized carbons (Fsp3) is 0.0556. The highest BCUT2D eigenvalue weighted by atomic mass is 31.2. The smallest absolute Gasteiger partial charge is 0.171 e. The molecule has 0 unspecified atom stereocenters. The minimum atomic E-state index is -3.21. The first kappa shape index (κ1) is 23.0. The lowest BCUT2D eigenvalue weighted by molar-refractivity contribution is 0.592. The largest absolute Gasteiger partial charge is 0.309 e. The van der Waals surface area contributed by atoms with E-state index < -0.39 is 7.14 Å². The second-order valence-corrected chi connectivity index (χ2v) is 12.8. The number of benzene rings is 6. The predicted molar refractivity (Wildman–Crippen MR) is 162 cm³/mol. The molecular formula is C36H27OP. The lowest BCUT2D eigenvalue weighted by atomic mass is 9.88. The van der Waals surface area contributed by atoms with Gasteiger partial charge in [0, 0.05) is 15.9 Å². The summed E-state index contributed by atoms with van der Waals surface area (Å²) in [5, 5.41) is 4.95. The molecule has 6 aromatic rings. The summed E-state index contributed by atoms with van der Waals surface area (Å²) in [5.74, 6) is 0. The third-order valence-electron chi connectivity index (χ3n) is 7.84. The topological polar surface area (TPSA) is 17.1 Å².